The first-order valence-electron chi connectivity index (χ1n) is 7.89. The monoisotopic (exact) mass is 378 g/mol. The van der Waals surface area contributed by atoms with E-state index in [-0.39, 0.29) is 25.1 Å². The van der Waals surface area contributed by atoms with Crippen LogP contribution >= 0.6 is 11.6 Å². The van der Waals surface area contributed by atoms with Gasteiger partial charge in [0.1, 0.15) is 5.82 Å². The lowest BCUT2D eigenvalue weighted by Crippen LogP contribution is -2.46. The Hall–Kier alpha value is -2.64. The summed E-state index contributed by atoms with van der Waals surface area (Å²) in [5, 5.41) is 13.0. The van der Waals surface area contributed by atoms with Crippen LogP contribution in [0.5, 0.6) is 0 Å². The van der Waals surface area contributed by atoms with Crippen LogP contribution in [-0.4, -0.2) is 29.4 Å². The molecule has 1 saturated heterocycles. The number of nitrogens with one attached hydrogen (secondary N) is 1. The predicted octanol–water partition coefficient (Wildman–Crippen LogP) is 2.83. The van der Waals surface area contributed by atoms with Crippen molar-refractivity contribution in [2.75, 3.05) is 11.4 Å². The Morgan fingerprint density at radius 1 is 1.31 bits per heavy atom. The molecular formula is C18H16ClFN2O4. The summed E-state index contributed by atoms with van der Waals surface area (Å²) in [4.78, 5) is 25.7. The predicted molar refractivity (Wildman–Crippen MR) is 93.1 cm³/mol. The Morgan fingerprint density at radius 3 is 2.77 bits per heavy atom. The number of halogens is 2. The number of aliphatic hydroxyl groups is 1. The number of anilines is 1. The van der Waals surface area contributed by atoms with Crippen molar-refractivity contribution in [1.29, 1.82) is 0 Å². The van der Waals surface area contributed by atoms with Gasteiger partial charge in [-0.25, -0.2) is 9.18 Å². The van der Waals surface area contributed by atoms with Crippen LogP contribution in [0.1, 0.15) is 12.0 Å². The number of benzene rings is 2. The summed E-state index contributed by atoms with van der Waals surface area (Å²) in [5.41, 5.74) is 0.753. The molecule has 6 nitrogen and oxygen atoms in total. The molecule has 1 aliphatic heterocycles. The van der Waals surface area contributed by atoms with E-state index in [1.807, 2.05) is 0 Å². The molecule has 0 aliphatic carbocycles. The van der Waals surface area contributed by atoms with Gasteiger partial charge in [-0.15, -0.1) is 0 Å². The maximum Gasteiger partial charge on any atom is 0.410 e. The van der Waals surface area contributed by atoms with Crippen LogP contribution in [0.2, 0.25) is 5.02 Å². The van der Waals surface area contributed by atoms with Crippen molar-refractivity contribution < 1.29 is 23.8 Å². The summed E-state index contributed by atoms with van der Waals surface area (Å²) in [5.74, 6) is -3.53. The standard InChI is InChI=1S/C18H16ClFN2O4/c19-13-6-7-15(20)12(10-13)11-21-17(24)26-18(25)8-9-22(16(18)23)14-4-2-1-3-5-14/h1-7,10,25H,8-9,11H2,(H,21,24)/t18-/m0/s1. The van der Waals surface area contributed by atoms with Gasteiger partial charge in [-0.05, 0) is 30.3 Å². The lowest BCUT2D eigenvalue weighted by molar-refractivity contribution is -0.175. The van der Waals surface area contributed by atoms with E-state index in [9.17, 15) is 19.1 Å². The fourth-order valence-electron chi connectivity index (χ4n) is 2.67. The zero-order chi connectivity index (χ0) is 18.7. The Labute approximate surface area is 154 Å². The second-order valence-electron chi connectivity index (χ2n) is 5.81. The Kier molecular flexibility index (Phi) is 5.11. The molecule has 0 radical (unpaired) electrons. The molecule has 3 rings (SSSR count). The Morgan fingerprint density at radius 2 is 2.04 bits per heavy atom. The second-order valence-corrected chi connectivity index (χ2v) is 6.24. The maximum atomic E-state index is 13.6. The summed E-state index contributed by atoms with van der Waals surface area (Å²) in [7, 11) is 0. The number of carbonyl (C=O) groups excluding carboxylic acids is 2. The molecule has 1 aliphatic rings. The molecule has 0 unspecified atom stereocenters. The minimum Gasteiger partial charge on any atom is -0.407 e. The van der Waals surface area contributed by atoms with Gasteiger partial charge >= 0.3 is 6.09 Å². The zero-order valence-corrected chi connectivity index (χ0v) is 14.4. The molecule has 0 saturated carbocycles. The van der Waals surface area contributed by atoms with E-state index in [0.29, 0.717) is 10.7 Å². The van der Waals surface area contributed by atoms with Gasteiger partial charge in [0, 0.05) is 35.8 Å². The molecule has 2 aromatic rings. The van der Waals surface area contributed by atoms with Crippen LogP contribution in [0, 0.1) is 5.82 Å². The molecule has 1 heterocycles. The van der Waals surface area contributed by atoms with Crippen molar-refractivity contribution in [3.8, 4) is 0 Å². The summed E-state index contributed by atoms with van der Waals surface area (Å²) in [6, 6.07) is 12.7. The quantitative estimate of drug-likeness (QED) is 0.802. The first kappa shape index (κ1) is 18.2. The van der Waals surface area contributed by atoms with Crippen LogP contribution in [0.15, 0.2) is 48.5 Å². The zero-order valence-electron chi connectivity index (χ0n) is 13.6. The third-order valence-electron chi connectivity index (χ3n) is 4.01. The number of hydrogen-bond acceptors (Lipinski definition) is 4. The minimum atomic E-state index is -2.26. The molecular weight excluding hydrogens is 363 g/mol. The number of nitrogens with zero attached hydrogens (tertiary/aromatic N) is 1. The summed E-state index contributed by atoms with van der Waals surface area (Å²) < 4.78 is 18.6. The number of rotatable bonds is 4. The first-order chi connectivity index (χ1) is 12.4. The molecule has 8 heteroatoms. The number of hydrogen-bond donors (Lipinski definition) is 2. The smallest absolute Gasteiger partial charge is 0.407 e. The highest BCUT2D eigenvalue weighted by molar-refractivity contribution is 6.30. The van der Waals surface area contributed by atoms with E-state index in [1.54, 1.807) is 30.3 Å². The van der Waals surface area contributed by atoms with Gasteiger partial charge in [-0.2, -0.15) is 0 Å². The summed E-state index contributed by atoms with van der Waals surface area (Å²) in [6.07, 6.45) is -1.10. The third-order valence-corrected chi connectivity index (χ3v) is 4.25. The molecule has 0 aromatic heterocycles. The van der Waals surface area contributed by atoms with Crippen molar-refractivity contribution in [2.45, 2.75) is 18.8 Å². The lowest BCUT2D eigenvalue weighted by atomic mass is 10.2. The minimum absolute atomic E-state index is 0.0698. The molecule has 2 aromatic carbocycles. The van der Waals surface area contributed by atoms with E-state index in [4.69, 9.17) is 16.3 Å². The van der Waals surface area contributed by atoms with Crippen molar-refractivity contribution in [3.05, 3.63) is 64.9 Å². The number of amides is 2. The fourth-order valence-corrected chi connectivity index (χ4v) is 2.86. The number of carbonyl (C=O) groups is 2. The van der Waals surface area contributed by atoms with Crippen molar-refractivity contribution in [1.82, 2.24) is 5.32 Å². The van der Waals surface area contributed by atoms with Crippen molar-refractivity contribution >= 4 is 29.3 Å². The average Bonchev–Trinajstić information content (AvgIpc) is 2.91. The Balaban J connectivity index is 1.62. The molecule has 2 amide bonds. The van der Waals surface area contributed by atoms with Gasteiger partial charge in [-0.1, -0.05) is 29.8 Å². The first-order valence-corrected chi connectivity index (χ1v) is 8.27. The lowest BCUT2D eigenvalue weighted by Gasteiger charge is -2.22. The molecule has 0 spiro atoms. The molecule has 1 atom stereocenters. The molecule has 136 valence electrons. The highest BCUT2D eigenvalue weighted by atomic mass is 35.5. The molecule has 2 N–H and O–H groups in total. The van der Waals surface area contributed by atoms with E-state index < -0.39 is 23.6 Å². The van der Waals surface area contributed by atoms with E-state index in [1.165, 1.54) is 23.1 Å². The topological polar surface area (TPSA) is 78.9 Å². The van der Waals surface area contributed by atoms with Crippen LogP contribution in [0.3, 0.4) is 0 Å². The third kappa shape index (κ3) is 3.79. The SMILES string of the molecule is O=C(NCc1cc(Cl)ccc1F)O[C@@]1(O)CCN(c2ccccc2)C1=O. The highest BCUT2D eigenvalue weighted by Gasteiger charge is 2.49. The van der Waals surface area contributed by atoms with Crippen LogP contribution in [-0.2, 0) is 16.1 Å². The molecule has 1 fully saturated rings. The number of ether oxygens (including phenoxy) is 1. The van der Waals surface area contributed by atoms with Gasteiger partial charge < -0.3 is 20.1 Å². The van der Waals surface area contributed by atoms with Gasteiger partial charge in [0.05, 0.1) is 0 Å². The Bertz CT molecular complexity index is 833. The van der Waals surface area contributed by atoms with Crippen LogP contribution in [0.4, 0.5) is 14.9 Å². The van der Waals surface area contributed by atoms with Gasteiger partial charge in [0.15, 0.2) is 0 Å². The summed E-state index contributed by atoms with van der Waals surface area (Å²) >= 11 is 5.78. The van der Waals surface area contributed by atoms with Gasteiger partial charge in [0.2, 0.25) is 0 Å². The van der Waals surface area contributed by atoms with E-state index >= 15 is 0 Å². The summed E-state index contributed by atoms with van der Waals surface area (Å²) in [6.45, 7) is 0.00739. The number of para-hydroxylation sites is 1. The molecule has 0 bridgehead atoms. The van der Waals surface area contributed by atoms with Crippen molar-refractivity contribution in [3.63, 3.8) is 0 Å². The molecule has 26 heavy (non-hydrogen) atoms. The maximum absolute atomic E-state index is 13.6. The number of alkyl carbamates (subject to hydrolysis) is 1. The normalized spacial score (nSPS) is 19.5. The van der Waals surface area contributed by atoms with Crippen molar-refractivity contribution in [2.24, 2.45) is 0 Å². The fraction of sp³-hybridized carbons (Fsp3) is 0.222. The average molecular weight is 379 g/mol. The van der Waals surface area contributed by atoms with E-state index in [2.05, 4.69) is 5.32 Å². The van der Waals surface area contributed by atoms with Crippen LogP contribution < -0.4 is 10.2 Å². The van der Waals surface area contributed by atoms with Gasteiger partial charge in [0.25, 0.3) is 11.7 Å². The van der Waals surface area contributed by atoms with Gasteiger partial charge in [-0.3, -0.25) is 4.79 Å². The second kappa shape index (κ2) is 7.31. The van der Waals surface area contributed by atoms with E-state index in [0.717, 1.165) is 0 Å². The largest absolute Gasteiger partial charge is 0.410 e. The highest BCUT2D eigenvalue weighted by Crippen LogP contribution is 2.29. The van der Waals surface area contributed by atoms with Crippen LogP contribution in [0.25, 0.3) is 0 Å².